The van der Waals surface area contributed by atoms with Crippen LogP contribution >= 0.6 is 31.3 Å². The molecule has 4 unspecified atom stereocenters. The average molecular weight is 1150 g/mol. The van der Waals surface area contributed by atoms with E-state index in [9.17, 15) is 67.5 Å². The van der Waals surface area contributed by atoms with Crippen molar-refractivity contribution in [1.82, 2.24) is 43.6 Å². The molecule has 3 saturated heterocycles. The van der Waals surface area contributed by atoms with Gasteiger partial charge in [-0.3, -0.25) is 42.3 Å². The van der Waals surface area contributed by atoms with E-state index in [0.717, 1.165) is 29.5 Å². The summed E-state index contributed by atoms with van der Waals surface area (Å²) < 4.78 is 114. The fourth-order valence-corrected chi connectivity index (χ4v) is 13.0. The minimum absolute atomic E-state index is 0.0231. The molecule has 5 aromatic heterocycles. The van der Waals surface area contributed by atoms with Gasteiger partial charge >= 0.3 is 34.7 Å². The van der Waals surface area contributed by atoms with Gasteiger partial charge in [0.1, 0.15) is 54.7 Å². The van der Waals surface area contributed by atoms with Gasteiger partial charge in [-0.1, -0.05) is 0 Å². The molecule has 0 aliphatic carbocycles. The molecule has 0 saturated carbocycles. The summed E-state index contributed by atoms with van der Waals surface area (Å²) in [5.41, 5.74) is 9.31. The smallest absolute Gasteiger partial charge is 0.490 e. The molecule has 37 nitrogen and oxygen atoms in total. The van der Waals surface area contributed by atoms with Gasteiger partial charge in [0.2, 0.25) is 18.5 Å². The lowest BCUT2D eigenvalue weighted by atomic mass is 9.99. The summed E-state index contributed by atoms with van der Waals surface area (Å²) in [4.78, 5) is 102. The van der Waals surface area contributed by atoms with Crippen molar-refractivity contribution in [3.05, 3.63) is 62.4 Å². The number of imidazole rings is 2. The molecule has 16 atom stereocenters. The molecule has 12 N–H and O–H groups in total. The predicted octanol–water partition coefficient (Wildman–Crippen LogP) is -4.36. The van der Waals surface area contributed by atoms with Crippen molar-refractivity contribution in [2.75, 3.05) is 58.7 Å². The summed E-state index contributed by atoms with van der Waals surface area (Å²) in [5.74, 6) is -2.68. The van der Waals surface area contributed by atoms with Gasteiger partial charge in [-0.05, 0) is 0 Å². The van der Waals surface area contributed by atoms with E-state index in [-0.39, 0.29) is 40.7 Å². The number of hydrogen-bond acceptors (Lipinski definition) is 28. The van der Waals surface area contributed by atoms with Crippen molar-refractivity contribution in [2.24, 2.45) is 18.9 Å². The van der Waals surface area contributed by atoms with E-state index in [2.05, 4.69) is 33.5 Å². The second kappa shape index (κ2) is 22.0. The van der Waals surface area contributed by atoms with Crippen LogP contribution in [0.1, 0.15) is 18.7 Å². The topological polar surface area (TPSA) is 519 Å². The zero-order chi connectivity index (χ0) is 54.5. The Bertz CT molecular complexity index is 3280. The number of aryl methyl sites for hydroxylation is 1. The van der Waals surface area contributed by atoms with Crippen LogP contribution in [0.5, 0.6) is 0 Å². The van der Waals surface area contributed by atoms with Crippen LogP contribution in [0.4, 0.5) is 11.8 Å². The van der Waals surface area contributed by atoms with Gasteiger partial charge in [0, 0.05) is 32.4 Å². The number of hydrogen-bond donors (Lipinski definition) is 10. The maximum Gasteiger partial charge on any atom is 0.490 e. The standard InChI is InChI=1S/C34H48N12O25P4/c1-43-13-46(28-21(43)29(51)42-33(36)41-28)31-22(48)14(6-61-2)16(66-31)8-64-73(55,56)70-75(59,60)71-74(57,58)65-10-18-25(15(7-62-3)30(68-18)45-12-39-20-26(35)37-11-38-27(20)45)69-72(53,54)63-9-17-23(49)24(50)32(67-17)44-5-4-19(47)40-34(44)52/h4-5,11-18,22-25,30-32,48-50H,6-10H2,1-3H3,(H9-,35,36,37,38,40,41,42,47,51,52,53,54,55,56,57,58,59,60)/t14-,15-,16-,17-,18-,22-,23-,24-,25+,30-,31-,32-/m1/s1. The Morgan fingerprint density at radius 1 is 0.733 bits per heavy atom. The van der Waals surface area contributed by atoms with Crippen LogP contribution in [0.2, 0.25) is 0 Å². The maximum atomic E-state index is 13.6. The molecule has 0 radical (unpaired) electrons. The molecule has 3 aliphatic heterocycles. The second-order valence-electron chi connectivity index (χ2n) is 16.7. The van der Waals surface area contributed by atoms with E-state index in [1.54, 1.807) is 0 Å². The SMILES string of the molecule is COC[C@@H]1[C@H](OP(=O)([O-])OC[C@H]2O[C@@H](n3ccc(=O)[nH]c3=O)[C@H](O)[C@@H]2O)[C@@H](COP(=O)(O)OP(=O)(O)OP(=O)(O)OC[C@H]2O[C@@H](n3c[n+](C)c4c(=O)[nH]c(N)nc43)[C@H](O)[C@@H]2COC)O[C@H]1n1cnc2c(N)ncnc21. The first-order valence-corrected chi connectivity index (χ1v) is 27.5. The molecule has 0 aromatic carbocycles. The molecule has 5 aromatic rings. The van der Waals surface area contributed by atoms with Crippen molar-refractivity contribution >= 4 is 65.4 Å². The zero-order valence-electron chi connectivity index (χ0n) is 38.8. The van der Waals surface area contributed by atoms with Gasteiger partial charge in [0.25, 0.3) is 24.5 Å². The number of phosphoric acid groups is 4. The molecule has 3 fully saturated rings. The van der Waals surface area contributed by atoms with Crippen molar-refractivity contribution in [2.45, 2.75) is 61.4 Å². The summed E-state index contributed by atoms with van der Waals surface area (Å²) in [6, 6.07) is 0.919. The number of aromatic nitrogens is 10. The van der Waals surface area contributed by atoms with Gasteiger partial charge in [0.05, 0.1) is 58.4 Å². The first kappa shape index (κ1) is 56.6. The number of nitrogens with zero attached hydrogens (tertiary/aromatic N) is 8. The van der Waals surface area contributed by atoms with E-state index in [1.165, 1.54) is 41.3 Å². The average Bonchev–Trinajstić information content (AvgIpc) is 4.11. The number of methoxy groups -OCH3 is 2. The van der Waals surface area contributed by atoms with Crippen molar-refractivity contribution in [1.29, 1.82) is 0 Å². The number of phosphoric ester groups is 3. The predicted molar refractivity (Wildman–Crippen MR) is 239 cm³/mol. The Labute approximate surface area is 417 Å². The molecule has 8 heterocycles. The minimum Gasteiger partial charge on any atom is -0.756 e. The highest BCUT2D eigenvalue weighted by Crippen LogP contribution is 2.68. The quantitative estimate of drug-likeness (QED) is 0.0231. The number of fused-ring (bicyclic) bond motifs is 2. The number of anilines is 2. The second-order valence-corrected chi connectivity index (χ2v) is 22.7. The third-order valence-corrected chi connectivity index (χ3v) is 17.0. The molecular formula is C34H48N12O25P4. The van der Waals surface area contributed by atoms with Crippen LogP contribution < -0.4 is 37.7 Å². The highest BCUT2D eigenvalue weighted by atomic mass is 31.3. The fourth-order valence-electron chi connectivity index (χ4n) is 8.54. The Hall–Kier alpha value is -4.62. The maximum absolute atomic E-state index is 13.6. The monoisotopic (exact) mass is 1150 g/mol. The largest absolute Gasteiger partial charge is 0.756 e. The molecule has 0 amide bonds. The number of nitrogens with two attached hydrogens (primary N) is 2. The number of aliphatic hydroxyl groups excluding tert-OH is 3. The van der Waals surface area contributed by atoms with Crippen molar-refractivity contribution < 1.29 is 108 Å². The third-order valence-electron chi connectivity index (χ3n) is 11.8. The summed E-state index contributed by atoms with van der Waals surface area (Å²) in [7, 11) is -19.7. The number of rotatable bonds is 22. The first-order valence-electron chi connectivity index (χ1n) is 21.6. The van der Waals surface area contributed by atoms with Crippen LogP contribution in [-0.2, 0) is 75.7 Å². The summed E-state index contributed by atoms with van der Waals surface area (Å²) >= 11 is 0. The van der Waals surface area contributed by atoms with Crippen LogP contribution in [0.3, 0.4) is 0 Å². The number of aliphatic hydroxyl groups is 3. The van der Waals surface area contributed by atoms with E-state index < -0.39 is 148 Å². The van der Waals surface area contributed by atoms with Gasteiger partial charge in [0.15, 0.2) is 17.7 Å². The number of aromatic amines is 2. The van der Waals surface area contributed by atoms with Gasteiger partial charge in [-0.2, -0.15) is 18.2 Å². The minimum atomic E-state index is -6.19. The molecule has 3 aliphatic rings. The Morgan fingerprint density at radius 2 is 1.35 bits per heavy atom. The highest BCUT2D eigenvalue weighted by Gasteiger charge is 2.53. The lowest BCUT2D eigenvalue weighted by molar-refractivity contribution is -0.646. The normalized spacial score (nSPS) is 30.4. The Morgan fingerprint density at radius 3 is 2.01 bits per heavy atom. The summed E-state index contributed by atoms with van der Waals surface area (Å²) in [6.07, 6.45) is -11.7. The molecule has 41 heteroatoms. The molecule has 8 rings (SSSR count). The summed E-state index contributed by atoms with van der Waals surface area (Å²) in [6.45, 7) is -3.96. The molecule has 414 valence electrons. The van der Waals surface area contributed by atoms with E-state index in [0.29, 0.717) is 0 Å². The zero-order valence-corrected chi connectivity index (χ0v) is 42.4. The van der Waals surface area contributed by atoms with Gasteiger partial charge < -0.3 is 79.1 Å². The van der Waals surface area contributed by atoms with Gasteiger partial charge in [-0.15, -0.1) is 0 Å². The fraction of sp³-hybridized carbons (Fsp3) is 0.588. The lowest BCUT2D eigenvalue weighted by Crippen LogP contribution is -2.38. The first-order chi connectivity index (χ1) is 35.2. The Kier molecular flexibility index (Phi) is 16.6. The number of nitrogens with one attached hydrogen (secondary N) is 2. The number of ether oxygens (including phenoxy) is 5. The van der Waals surface area contributed by atoms with Crippen molar-refractivity contribution in [3.63, 3.8) is 0 Å². The van der Waals surface area contributed by atoms with E-state index in [4.69, 9.17) is 53.2 Å². The summed E-state index contributed by atoms with van der Waals surface area (Å²) in [5, 5.41) is 32.5. The third kappa shape index (κ3) is 12.2. The molecule has 75 heavy (non-hydrogen) atoms. The van der Waals surface area contributed by atoms with Gasteiger partial charge in [-0.25, -0.2) is 38.0 Å². The van der Waals surface area contributed by atoms with Crippen LogP contribution in [0.25, 0.3) is 22.3 Å². The highest BCUT2D eigenvalue weighted by molar-refractivity contribution is 7.66. The molecule has 0 spiro atoms. The van der Waals surface area contributed by atoms with E-state index in [1.807, 2.05) is 4.98 Å². The number of nitrogen functional groups attached to an aromatic ring is 2. The Balaban J connectivity index is 0.949. The lowest BCUT2D eigenvalue weighted by Gasteiger charge is -2.32. The van der Waals surface area contributed by atoms with Crippen LogP contribution in [-0.4, -0.2) is 164 Å². The van der Waals surface area contributed by atoms with E-state index >= 15 is 0 Å². The van der Waals surface area contributed by atoms with Crippen LogP contribution in [0, 0.1) is 11.8 Å². The van der Waals surface area contributed by atoms with Crippen molar-refractivity contribution in [3.8, 4) is 0 Å². The molecular weight excluding hydrogens is 1100 g/mol. The van der Waals surface area contributed by atoms with Crippen LogP contribution in [0.15, 0.2) is 45.6 Å². The molecule has 0 bridgehead atoms. The number of H-pyrrole nitrogens is 2.